The van der Waals surface area contributed by atoms with Gasteiger partial charge in [-0.25, -0.2) is 4.79 Å². The normalized spacial score (nSPS) is 11.9. The van der Waals surface area contributed by atoms with Gasteiger partial charge in [-0.05, 0) is 74.6 Å². The Balaban J connectivity index is 2.07. The lowest BCUT2D eigenvalue weighted by Gasteiger charge is -2.19. The van der Waals surface area contributed by atoms with E-state index in [-0.39, 0.29) is 12.1 Å². The van der Waals surface area contributed by atoms with Crippen LogP contribution in [0.3, 0.4) is 0 Å². The van der Waals surface area contributed by atoms with Gasteiger partial charge in [0.1, 0.15) is 0 Å². The highest BCUT2D eigenvalue weighted by Gasteiger charge is 2.13. The summed E-state index contributed by atoms with van der Waals surface area (Å²) in [6, 6.07) is 11.9. The van der Waals surface area contributed by atoms with Crippen LogP contribution < -0.4 is 10.6 Å². The van der Waals surface area contributed by atoms with Crippen molar-refractivity contribution in [1.82, 2.24) is 5.32 Å². The van der Waals surface area contributed by atoms with E-state index in [2.05, 4.69) is 43.5 Å². The molecule has 2 aromatic rings. The fourth-order valence-corrected chi connectivity index (χ4v) is 2.77. The molecule has 2 aromatic carbocycles. The zero-order chi connectivity index (χ0) is 16.3. The Hall–Kier alpha value is -2.29. The molecule has 0 radical (unpaired) electrons. The summed E-state index contributed by atoms with van der Waals surface area (Å²) in [4.78, 5) is 12.2. The number of aryl methyl sites for hydroxylation is 4. The summed E-state index contributed by atoms with van der Waals surface area (Å²) in [5.41, 5.74) is 6.76. The third-order valence-corrected chi connectivity index (χ3v) is 4.09. The summed E-state index contributed by atoms with van der Waals surface area (Å²) in [6.45, 7) is 10.2. The third kappa shape index (κ3) is 3.67. The third-order valence-electron chi connectivity index (χ3n) is 4.09. The average molecular weight is 296 g/mol. The highest BCUT2D eigenvalue weighted by Crippen LogP contribution is 2.21. The van der Waals surface area contributed by atoms with E-state index < -0.39 is 0 Å². The maximum absolute atomic E-state index is 12.2. The van der Waals surface area contributed by atoms with Gasteiger partial charge >= 0.3 is 6.03 Å². The summed E-state index contributed by atoms with van der Waals surface area (Å²) in [7, 11) is 0. The number of hydrogen-bond acceptors (Lipinski definition) is 1. The number of carbonyl (C=O) groups is 1. The summed E-state index contributed by atoms with van der Waals surface area (Å²) in [5, 5.41) is 5.91. The Morgan fingerprint density at radius 2 is 1.55 bits per heavy atom. The topological polar surface area (TPSA) is 41.1 Å². The molecule has 116 valence electrons. The van der Waals surface area contributed by atoms with Crippen LogP contribution in [0.15, 0.2) is 36.4 Å². The first-order valence-electron chi connectivity index (χ1n) is 7.59. The molecular weight excluding hydrogens is 272 g/mol. The molecule has 2 N–H and O–H groups in total. The van der Waals surface area contributed by atoms with Crippen molar-refractivity contribution in [3.8, 4) is 0 Å². The smallest absolute Gasteiger partial charge is 0.319 e. The second-order valence-corrected chi connectivity index (χ2v) is 5.92. The Morgan fingerprint density at radius 3 is 2.14 bits per heavy atom. The number of nitrogens with one attached hydrogen (secondary N) is 2. The van der Waals surface area contributed by atoms with E-state index >= 15 is 0 Å². The molecule has 0 bridgehead atoms. The predicted octanol–water partition coefficient (Wildman–Crippen LogP) is 4.80. The van der Waals surface area contributed by atoms with Crippen LogP contribution in [0.4, 0.5) is 10.5 Å². The maximum atomic E-state index is 12.2. The maximum Gasteiger partial charge on any atom is 0.319 e. The van der Waals surface area contributed by atoms with E-state index in [1.165, 1.54) is 27.8 Å². The van der Waals surface area contributed by atoms with Crippen LogP contribution >= 0.6 is 0 Å². The second kappa shape index (κ2) is 6.65. The molecule has 3 nitrogen and oxygen atoms in total. The molecule has 1 atom stereocenters. The zero-order valence-corrected chi connectivity index (χ0v) is 13.9. The van der Waals surface area contributed by atoms with Gasteiger partial charge in [-0.15, -0.1) is 0 Å². The fourth-order valence-electron chi connectivity index (χ4n) is 2.77. The predicted molar refractivity (Wildman–Crippen MR) is 92.4 cm³/mol. The SMILES string of the molecule is Cc1ccc(NC(=O)NC(C)c2c(C)cccc2C)cc1C. The van der Waals surface area contributed by atoms with Crippen LogP contribution in [0, 0.1) is 27.7 Å². The van der Waals surface area contributed by atoms with Gasteiger partial charge in [-0.1, -0.05) is 24.3 Å². The molecule has 0 aliphatic heterocycles. The minimum atomic E-state index is -0.182. The minimum absolute atomic E-state index is 0.0345. The van der Waals surface area contributed by atoms with Crippen LogP contribution in [-0.4, -0.2) is 6.03 Å². The van der Waals surface area contributed by atoms with Crippen molar-refractivity contribution in [2.24, 2.45) is 0 Å². The molecule has 3 heteroatoms. The molecule has 0 aliphatic rings. The Bertz CT molecular complexity index is 672. The van der Waals surface area contributed by atoms with Gasteiger partial charge in [0, 0.05) is 5.69 Å². The van der Waals surface area contributed by atoms with E-state index in [1.54, 1.807) is 0 Å². The first-order valence-corrected chi connectivity index (χ1v) is 7.59. The largest absolute Gasteiger partial charge is 0.331 e. The number of anilines is 1. The molecule has 22 heavy (non-hydrogen) atoms. The molecule has 0 aromatic heterocycles. The second-order valence-electron chi connectivity index (χ2n) is 5.92. The van der Waals surface area contributed by atoms with Crippen LogP contribution in [0.5, 0.6) is 0 Å². The Labute approximate surface area is 132 Å². The molecule has 0 fully saturated rings. The van der Waals surface area contributed by atoms with Crippen LogP contribution in [-0.2, 0) is 0 Å². The van der Waals surface area contributed by atoms with Crippen molar-refractivity contribution in [1.29, 1.82) is 0 Å². The lowest BCUT2D eigenvalue weighted by atomic mass is 9.97. The highest BCUT2D eigenvalue weighted by atomic mass is 16.2. The lowest BCUT2D eigenvalue weighted by Crippen LogP contribution is -2.31. The number of benzene rings is 2. The van der Waals surface area contributed by atoms with E-state index in [9.17, 15) is 4.79 Å². The molecule has 0 aliphatic carbocycles. The van der Waals surface area contributed by atoms with Gasteiger partial charge in [0.15, 0.2) is 0 Å². The van der Waals surface area contributed by atoms with Gasteiger partial charge < -0.3 is 10.6 Å². The fraction of sp³-hybridized carbons (Fsp3) is 0.316. The Kier molecular flexibility index (Phi) is 4.86. The first-order chi connectivity index (χ1) is 10.4. The number of carbonyl (C=O) groups excluding carboxylic acids is 1. The molecule has 0 saturated carbocycles. The minimum Gasteiger partial charge on any atom is -0.331 e. The van der Waals surface area contributed by atoms with Crippen molar-refractivity contribution in [3.05, 3.63) is 64.2 Å². The van der Waals surface area contributed by atoms with Crippen molar-refractivity contribution in [2.45, 2.75) is 40.7 Å². The summed E-state index contributed by atoms with van der Waals surface area (Å²) in [5.74, 6) is 0. The number of rotatable bonds is 3. The van der Waals surface area contributed by atoms with Gasteiger partial charge in [0.25, 0.3) is 0 Å². The van der Waals surface area contributed by atoms with Gasteiger partial charge in [-0.3, -0.25) is 0 Å². The summed E-state index contributed by atoms with van der Waals surface area (Å²) >= 11 is 0. The van der Waals surface area contributed by atoms with Crippen LogP contribution in [0.1, 0.15) is 40.8 Å². The highest BCUT2D eigenvalue weighted by molar-refractivity contribution is 5.89. The summed E-state index contributed by atoms with van der Waals surface area (Å²) in [6.07, 6.45) is 0. The Morgan fingerprint density at radius 1 is 0.909 bits per heavy atom. The first kappa shape index (κ1) is 16.1. The van der Waals surface area contributed by atoms with E-state index in [0.29, 0.717) is 0 Å². The molecule has 2 amide bonds. The van der Waals surface area contributed by atoms with Crippen LogP contribution in [0.2, 0.25) is 0 Å². The molecule has 0 spiro atoms. The number of hydrogen-bond donors (Lipinski definition) is 2. The van der Waals surface area contributed by atoms with Crippen molar-refractivity contribution < 1.29 is 4.79 Å². The zero-order valence-electron chi connectivity index (χ0n) is 13.9. The van der Waals surface area contributed by atoms with E-state index in [4.69, 9.17) is 0 Å². The monoisotopic (exact) mass is 296 g/mol. The van der Waals surface area contributed by atoms with Gasteiger partial charge in [0.2, 0.25) is 0 Å². The van der Waals surface area contributed by atoms with Crippen molar-refractivity contribution in [3.63, 3.8) is 0 Å². The number of urea groups is 1. The average Bonchev–Trinajstić information content (AvgIpc) is 2.42. The van der Waals surface area contributed by atoms with Crippen LogP contribution in [0.25, 0.3) is 0 Å². The van der Waals surface area contributed by atoms with Crippen molar-refractivity contribution in [2.75, 3.05) is 5.32 Å². The quantitative estimate of drug-likeness (QED) is 0.839. The van der Waals surface area contributed by atoms with Crippen molar-refractivity contribution >= 4 is 11.7 Å². The van der Waals surface area contributed by atoms with E-state index in [1.807, 2.05) is 38.1 Å². The molecule has 0 saturated heterocycles. The number of amides is 2. The molecular formula is C19H24N2O. The standard InChI is InChI=1S/C19H24N2O/c1-12-9-10-17(11-15(12)4)21-19(22)20-16(5)18-13(2)7-6-8-14(18)3/h6-11,16H,1-5H3,(H2,20,21,22). The summed E-state index contributed by atoms with van der Waals surface area (Å²) < 4.78 is 0. The lowest BCUT2D eigenvalue weighted by molar-refractivity contribution is 0.249. The molecule has 2 rings (SSSR count). The van der Waals surface area contributed by atoms with Gasteiger partial charge in [0.05, 0.1) is 6.04 Å². The van der Waals surface area contributed by atoms with E-state index in [0.717, 1.165) is 5.69 Å². The van der Waals surface area contributed by atoms with Gasteiger partial charge in [-0.2, -0.15) is 0 Å². The molecule has 1 unspecified atom stereocenters. The molecule has 0 heterocycles.